The van der Waals surface area contributed by atoms with E-state index in [1.807, 2.05) is 4.68 Å². The standard InChI is InChI=1S/C14H27N5/c1-11(2)7-13-8-15-5-6-18(13)9-14-16-10-17-19(14)12(3)4/h10-13,15H,5-9H2,1-4H3. The number of hydrogen-bond acceptors (Lipinski definition) is 4. The van der Waals surface area contributed by atoms with Crippen LogP contribution in [-0.4, -0.2) is 45.3 Å². The van der Waals surface area contributed by atoms with Crippen LogP contribution in [0.4, 0.5) is 0 Å². The summed E-state index contributed by atoms with van der Waals surface area (Å²) in [5.74, 6) is 1.82. The predicted octanol–water partition coefficient (Wildman–Crippen LogP) is 1.68. The first-order valence-corrected chi connectivity index (χ1v) is 7.41. The minimum Gasteiger partial charge on any atom is -0.314 e. The zero-order valence-corrected chi connectivity index (χ0v) is 12.6. The van der Waals surface area contributed by atoms with Crippen molar-refractivity contribution < 1.29 is 0 Å². The summed E-state index contributed by atoms with van der Waals surface area (Å²) in [5.41, 5.74) is 0. The average molecular weight is 265 g/mol. The van der Waals surface area contributed by atoms with Gasteiger partial charge in [0.2, 0.25) is 0 Å². The van der Waals surface area contributed by atoms with Crippen molar-refractivity contribution in [2.45, 2.75) is 52.7 Å². The quantitative estimate of drug-likeness (QED) is 0.880. The average Bonchev–Trinajstić information content (AvgIpc) is 2.79. The molecule has 1 atom stereocenters. The number of nitrogens with one attached hydrogen (secondary N) is 1. The van der Waals surface area contributed by atoms with E-state index in [4.69, 9.17) is 0 Å². The first-order valence-electron chi connectivity index (χ1n) is 7.41. The molecule has 0 aliphatic carbocycles. The van der Waals surface area contributed by atoms with Gasteiger partial charge in [-0.15, -0.1) is 0 Å². The highest BCUT2D eigenvalue weighted by Gasteiger charge is 2.24. The normalized spacial score (nSPS) is 21.5. The minimum absolute atomic E-state index is 0.379. The van der Waals surface area contributed by atoms with E-state index in [2.05, 4.69) is 48.0 Å². The lowest BCUT2D eigenvalue weighted by Crippen LogP contribution is -2.51. The summed E-state index contributed by atoms with van der Waals surface area (Å²) in [6.07, 6.45) is 2.91. The van der Waals surface area contributed by atoms with Gasteiger partial charge in [0.25, 0.3) is 0 Å². The van der Waals surface area contributed by atoms with Gasteiger partial charge in [0.05, 0.1) is 6.54 Å². The number of hydrogen-bond donors (Lipinski definition) is 1. The highest BCUT2D eigenvalue weighted by Crippen LogP contribution is 2.16. The Morgan fingerprint density at radius 1 is 1.37 bits per heavy atom. The Labute approximate surface area is 116 Å². The van der Waals surface area contributed by atoms with Crippen LogP contribution in [0.15, 0.2) is 6.33 Å². The fourth-order valence-electron chi connectivity index (χ4n) is 2.79. The second-order valence-corrected chi connectivity index (χ2v) is 6.17. The van der Waals surface area contributed by atoms with E-state index < -0.39 is 0 Å². The molecule has 1 aliphatic rings. The van der Waals surface area contributed by atoms with Gasteiger partial charge in [-0.3, -0.25) is 4.90 Å². The number of piperazine rings is 1. The Morgan fingerprint density at radius 2 is 2.16 bits per heavy atom. The molecule has 1 aliphatic heterocycles. The van der Waals surface area contributed by atoms with Gasteiger partial charge in [-0.25, -0.2) is 9.67 Å². The molecule has 0 aromatic carbocycles. The summed E-state index contributed by atoms with van der Waals surface area (Å²) in [6, 6.07) is 0.995. The van der Waals surface area contributed by atoms with Gasteiger partial charge >= 0.3 is 0 Å². The van der Waals surface area contributed by atoms with Crippen LogP contribution in [0, 0.1) is 5.92 Å². The van der Waals surface area contributed by atoms with E-state index in [1.54, 1.807) is 6.33 Å². The first kappa shape index (κ1) is 14.5. The lowest BCUT2D eigenvalue weighted by molar-refractivity contribution is 0.128. The summed E-state index contributed by atoms with van der Waals surface area (Å²) < 4.78 is 2.04. The van der Waals surface area contributed by atoms with Gasteiger partial charge in [0.15, 0.2) is 0 Å². The maximum atomic E-state index is 4.43. The summed E-state index contributed by atoms with van der Waals surface area (Å²) in [4.78, 5) is 6.99. The van der Waals surface area contributed by atoms with Crippen LogP contribution in [0.5, 0.6) is 0 Å². The van der Waals surface area contributed by atoms with Crippen LogP contribution in [0.2, 0.25) is 0 Å². The van der Waals surface area contributed by atoms with E-state index >= 15 is 0 Å². The van der Waals surface area contributed by atoms with Crippen LogP contribution in [-0.2, 0) is 6.54 Å². The molecule has 0 radical (unpaired) electrons. The Morgan fingerprint density at radius 3 is 2.84 bits per heavy atom. The molecule has 0 amide bonds. The van der Waals surface area contributed by atoms with E-state index in [0.29, 0.717) is 12.1 Å². The molecule has 0 bridgehead atoms. The molecule has 1 unspecified atom stereocenters. The molecular formula is C14H27N5. The van der Waals surface area contributed by atoms with Gasteiger partial charge in [-0.1, -0.05) is 13.8 Å². The molecule has 0 spiro atoms. The molecule has 1 fully saturated rings. The summed E-state index contributed by atoms with van der Waals surface area (Å²) in [7, 11) is 0. The van der Waals surface area contributed by atoms with Crippen molar-refractivity contribution in [2.75, 3.05) is 19.6 Å². The third-order valence-corrected chi connectivity index (χ3v) is 3.70. The maximum absolute atomic E-state index is 4.43. The van der Waals surface area contributed by atoms with Gasteiger partial charge < -0.3 is 5.32 Å². The van der Waals surface area contributed by atoms with Crippen LogP contribution in [0.3, 0.4) is 0 Å². The fraction of sp³-hybridized carbons (Fsp3) is 0.857. The van der Waals surface area contributed by atoms with Crippen molar-refractivity contribution in [1.29, 1.82) is 0 Å². The van der Waals surface area contributed by atoms with Crippen LogP contribution >= 0.6 is 0 Å². The van der Waals surface area contributed by atoms with Crippen molar-refractivity contribution in [3.8, 4) is 0 Å². The lowest BCUT2D eigenvalue weighted by Gasteiger charge is -2.37. The molecule has 5 nitrogen and oxygen atoms in total. The fourth-order valence-corrected chi connectivity index (χ4v) is 2.79. The third kappa shape index (κ3) is 3.76. The molecule has 2 heterocycles. The second-order valence-electron chi connectivity index (χ2n) is 6.17. The van der Waals surface area contributed by atoms with Gasteiger partial charge in [0, 0.05) is 31.7 Å². The van der Waals surface area contributed by atoms with Gasteiger partial charge in [-0.2, -0.15) is 5.10 Å². The molecular weight excluding hydrogens is 238 g/mol. The maximum Gasteiger partial charge on any atom is 0.141 e. The largest absolute Gasteiger partial charge is 0.314 e. The van der Waals surface area contributed by atoms with Crippen molar-refractivity contribution in [2.24, 2.45) is 5.92 Å². The monoisotopic (exact) mass is 265 g/mol. The zero-order valence-electron chi connectivity index (χ0n) is 12.6. The van der Waals surface area contributed by atoms with Crippen LogP contribution < -0.4 is 5.32 Å². The summed E-state index contributed by atoms with van der Waals surface area (Å²) in [5, 5.41) is 7.83. The molecule has 19 heavy (non-hydrogen) atoms. The van der Waals surface area contributed by atoms with E-state index in [0.717, 1.165) is 37.9 Å². The van der Waals surface area contributed by atoms with Gasteiger partial charge in [-0.05, 0) is 26.2 Å². The molecule has 0 saturated carbocycles. The Hall–Kier alpha value is -0.940. The molecule has 2 rings (SSSR count). The highest BCUT2D eigenvalue weighted by atomic mass is 15.4. The van der Waals surface area contributed by atoms with Crippen LogP contribution in [0.25, 0.3) is 0 Å². The van der Waals surface area contributed by atoms with E-state index in [1.165, 1.54) is 6.42 Å². The van der Waals surface area contributed by atoms with E-state index in [-0.39, 0.29) is 0 Å². The Kier molecular flexibility index (Phi) is 4.93. The van der Waals surface area contributed by atoms with Crippen molar-refractivity contribution in [3.05, 3.63) is 12.2 Å². The molecule has 5 heteroatoms. The lowest BCUT2D eigenvalue weighted by atomic mass is 10.0. The van der Waals surface area contributed by atoms with Crippen molar-refractivity contribution in [3.63, 3.8) is 0 Å². The van der Waals surface area contributed by atoms with Gasteiger partial charge in [0.1, 0.15) is 12.2 Å². The third-order valence-electron chi connectivity index (χ3n) is 3.70. The Bertz CT molecular complexity index is 385. The highest BCUT2D eigenvalue weighted by molar-refractivity contribution is 4.90. The van der Waals surface area contributed by atoms with Crippen molar-refractivity contribution >= 4 is 0 Å². The number of nitrogens with zero attached hydrogens (tertiary/aromatic N) is 4. The van der Waals surface area contributed by atoms with E-state index in [9.17, 15) is 0 Å². The predicted molar refractivity (Wildman–Crippen MR) is 76.9 cm³/mol. The molecule has 108 valence electrons. The Balaban J connectivity index is 2.04. The smallest absolute Gasteiger partial charge is 0.141 e. The molecule has 1 N–H and O–H groups in total. The first-order chi connectivity index (χ1) is 9.08. The summed E-state index contributed by atoms with van der Waals surface area (Å²) in [6.45, 7) is 13.1. The molecule has 1 saturated heterocycles. The van der Waals surface area contributed by atoms with Crippen molar-refractivity contribution in [1.82, 2.24) is 25.0 Å². The summed E-state index contributed by atoms with van der Waals surface area (Å²) >= 11 is 0. The number of rotatable bonds is 5. The SMILES string of the molecule is CC(C)CC1CNCCN1Cc1ncnn1C(C)C. The van der Waals surface area contributed by atoms with Crippen LogP contribution in [0.1, 0.15) is 46.0 Å². The molecule has 1 aromatic heterocycles. The minimum atomic E-state index is 0.379. The molecule has 1 aromatic rings. The second kappa shape index (κ2) is 6.48. The number of aromatic nitrogens is 3. The topological polar surface area (TPSA) is 46.0 Å². The zero-order chi connectivity index (χ0) is 13.8.